The lowest BCUT2D eigenvalue weighted by atomic mass is 9.97. The van der Waals surface area contributed by atoms with Crippen LogP contribution in [0.5, 0.6) is 0 Å². The Morgan fingerprint density at radius 3 is 2.80 bits per heavy atom. The van der Waals surface area contributed by atoms with Crippen molar-refractivity contribution in [2.75, 3.05) is 5.32 Å². The van der Waals surface area contributed by atoms with Crippen LogP contribution in [-0.4, -0.2) is 17.0 Å². The molecule has 2 rings (SSSR count). The number of anilines is 1. The van der Waals surface area contributed by atoms with E-state index < -0.39 is 10.3 Å². The Balaban J connectivity index is 2.49. The summed E-state index contributed by atoms with van der Waals surface area (Å²) in [6.45, 7) is 0. The molecule has 5 heteroatoms. The number of carboxylic acid groups (broad SMARTS) is 1. The third-order valence-corrected chi connectivity index (χ3v) is 3.42. The summed E-state index contributed by atoms with van der Waals surface area (Å²) in [7, 11) is 0. The predicted molar refractivity (Wildman–Crippen MR) is 57.9 cm³/mol. The fourth-order valence-electron chi connectivity index (χ4n) is 1.67. The molecular formula is C10H8BrNO3. The second-order valence-electron chi connectivity index (χ2n) is 3.37. The van der Waals surface area contributed by atoms with Gasteiger partial charge in [0.05, 0.1) is 6.42 Å². The van der Waals surface area contributed by atoms with Crippen molar-refractivity contribution in [3.8, 4) is 0 Å². The lowest BCUT2D eigenvalue weighted by Gasteiger charge is -2.16. The number of carbonyl (C=O) groups is 2. The Kier molecular flexibility index (Phi) is 2.26. The zero-order valence-corrected chi connectivity index (χ0v) is 9.24. The Labute approximate surface area is 94.4 Å². The van der Waals surface area contributed by atoms with Crippen molar-refractivity contribution in [3.05, 3.63) is 29.8 Å². The normalized spacial score (nSPS) is 23.4. The number of nitrogens with one attached hydrogen (secondary N) is 1. The molecular weight excluding hydrogens is 262 g/mol. The smallest absolute Gasteiger partial charge is 0.305 e. The first-order chi connectivity index (χ1) is 7.04. The average molecular weight is 270 g/mol. The molecule has 1 aliphatic rings. The van der Waals surface area contributed by atoms with Crippen molar-refractivity contribution in [2.45, 2.75) is 10.7 Å². The maximum Gasteiger partial charge on any atom is 0.305 e. The van der Waals surface area contributed by atoms with Gasteiger partial charge in [0.2, 0.25) is 5.91 Å². The topological polar surface area (TPSA) is 66.4 Å². The fourth-order valence-corrected chi connectivity index (χ4v) is 2.35. The van der Waals surface area contributed by atoms with Gasteiger partial charge in [-0.15, -0.1) is 0 Å². The number of hydrogen-bond acceptors (Lipinski definition) is 2. The number of para-hydroxylation sites is 1. The predicted octanol–water partition coefficient (Wildman–Crippen LogP) is 1.70. The van der Waals surface area contributed by atoms with Crippen molar-refractivity contribution in [2.24, 2.45) is 0 Å². The zero-order valence-electron chi connectivity index (χ0n) is 7.66. The van der Waals surface area contributed by atoms with E-state index in [4.69, 9.17) is 5.11 Å². The first kappa shape index (κ1) is 10.2. The number of aliphatic carboxylic acids is 1. The van der Waals surface area contributed by atoms with Crippen LogP contribution in [0.25, 0.3) is 0 Å². The van der Waals surface area contributed by atoms with E-state index in [1.54, 1.807) is 24.3 Å². The highest BCUT2D eigenvalue weighted by Crippen LogP contribution is 2.44. The zero-order chi connectivity index (χ0) is 11.1. The van der Waals surface area contributed by atoms with E-state index in [0.29, 0.717) is 11.3 Å². The lowest BCUT2D eigenvalue weighted by Crippen LogP contribution is -2.30. The molecule has 0 saturated heterocycles. The van der Waals surface area contributed by atoms with Crippen LogP contribution in [0.1, 0.15) is 12.0 Å². The molecule has 0 saturated carbocycles. The summed E-state index contributed by atoms with van der Waals surface area (Å²) in [6, 6.07) is 7.05. The number of alkyl halides is 1. The van der Waals surface area contributed by atoms with Gasteiger partial charge < -0.3 is 10.4 Å². The summed E-state index contributed by atoms with van der Waals surface area (Å²) in [6.07, 6.45) is -0.268. The Morgan fingerprint density at radius 1 is 1.47 bits per heavy atom. The van der Waals surface area contributed by atoms with Gasteiger partial charge in [-0.2, -0.15) is 0 Å². The number of carboxylic acids is 1. The Morgan fingerprint density at radius 2 is 2.13 bits per heavy atom. The first-order valence-electron chi connectivity index (χ1n) is 4.36. The van der Waals surface area contributed by atoms with Crippen LogP contribution in [0.2, 0.25) is 0 Å². The number of hydrogen-bond donors (Lipinski definition) is 2. The maximum absolute atomic E-state index is 11.7. The standard InChI is InChI=1S/C10H8BrNO3/c11-10(5-8(13)14)6-3-1-2-4-7(6)12-9(10)15/h1-4H,5H2,(H,12,15)(H,13,14). The molecule has 1 heterocycles. The largest absolute Gasteiger partial charge is 0.481 e. The molecule has 2 N–H and O–H groups in total. The third kappa shape index (κ3) is 1.52. The van der Waals surface area contributed by atoms with Crippen LogP contribution >= 0.6 is 15.9 Å². The molecule has 0 spiro atoms. The summed E-state index contributed by atoms with van der Waals surface area (Å²) in [5.41, 5.74) is 1.35. The summed E-state index contributed by atoms with van der Waals surface area (Å²) in [5, 5.41) is 11.4. The molecule has 4 nitrogen and oxygen atoms in total. The van der Waals surface area contributed by atoms with E-state index in [1.807, 2.05) is 0 Å². The molecule has 1 aliphatic heterocycles. The van der Waals surface area contributed by atoms with E-state index >= 15 is 0 Å². The summed E-state index contributed by atoms with van der Waals surface area (Å²) < 4.78 is -1.13. The van der Waals surface area contributed by atoms with Gasteiger partial charge in [-0.05, 0) is 6.07 Å². The summed E-state index contributed by atoms with van der Waals surface area (Å²) in [5.74, 6) is -1.34. The van der Waals surface area contributed by atoms with E-state index in [-0.39, 0.29) is 12.3 Å². The van der Waals surface area contributed by atoms with Crippen LogP contribution in [0.4, 0.5) is 5.69 Å². The van der Waals surface area contributed by atoms with Crippen LogP contribution in [0.15, 0.2) is 24.3 Å². The van der Waals surface area contributed by atoms with E-state index in [1.165, 1.54) is 0 Å². The lowest BCUT2D eigenvalue weighted by molar-refractivity contribution is -0.139. The number of halogens is 1. The summed E-state index contributed by atoms with van der Waals surface area (Å²) in [4.78, 5) is 22.4. The molecule has 15 heavy (non-hydrogen) atoms. The molecule has 0 aliphatic carbocycles. The SMILES string of the molecule is O=C(O)CC1(Br)C(=O)Nc2ccccc21. The maximum atomic E-state index is 11.7. The molecule has 0 radical (unpaired) electrons. The Bertz CT molecular complexity index is 446. The second-order valence-corrected chi connectivity index (χ2v) is 4.73. The quantitative estimate of drug-likeness (QED) is 0.804. The van der Waals surface area contributed by atoms with Crippen molar-refractivity contribution in [1.82, 2.24) is 0 Å². The van der Waals surface area contributed by atoms with Crippen LogP contribution in [-0.2, 0) is 13.9 Å². The molecule has 1 unspecified atom stereocenters. The van der Waals surface area contributed by atoms with Gasteiger partial charge in [-0.1, -0.05) is 34.1 Å². The van der Waals surface area contributed by atoms with Crippen LogP contribution in [0, 0.1) is 0 Å². The van der Waals surface area contributed by atoms with Gasteiger partial charge >= 0.3 is 5.97 Å². The molecule has 1 aromatic carbocycles. The first-order valence-corrected chi connectivity index (χ1v) is 5.15. The van der Waals surface area contributed by atoms with Crippen molar-refractivity contribution in [3.63, 3.8) is 0 Å². The van der Waals surface area contributed by atoms with E-state index in [2.05, 4.69) is 21.2 Å². The monoisotopic (exact) mass is 269 g/mol. The van der Waals surface area contributed by atoms with Gasteiger partial charge in [0.15, 0.2) is 0 Å². The minimum Gasteiger partial charge on any atom is -0.481 e. The molecule has 0 fully saturated rings. The van der Waals surface area contributed by atoms with Crippen molar-refractivity contribution >= 4 is 33.5 Å². The van der Waals surface area contributed by atoms with Crippen LogP contribution < -0.4 is 5.32 Å². The molecule has 0 bridgehead atoms. The Hall–Kier alpha value is -1.36. The highest BCUT2D eigenvalue weighted by atomic mass is 79.9. The van der Waals surface area contributed by atoms with Gasteiger partial charge in [0.1, 0.15) is 4.32 Å². The summed E-state index contributed by atoms with van der Waals surface area (Å²) >= 11 is 3.22. The molecule has 1 aromatic rings. The third-order valence-electron chi connectivity index (χ3n) is 2.36. The molecule has 78 valence electrons. The number of carbonyl (C=O) groups excluding carboxylic acids is 1. The highest BCUT2D eigenvalue weighted by molar-refractivity contribution is 9.10. The second kappa shape index (κ2) is 3.34. The molecule has 1 atom stereocenters. The number of rotatable bonds is 2. The van der Waals surface area contributed by atoms with Crippen molar-refractivity contribution < 1.29 is 14.7 Å². The minimum absolute atomic E-state index is 0.268. The van der Waals surface area contributed by atoms with E-state index in [0.717, 1.165) is 0 Å². The van der Waals surface area contributed by atoms with Crippen LogP contribution in [0.3, 0.4) is 0 Å². The minimum atomic E-state index is -1.13. The highest BCUT2D eigenvalue weighted by Gasteiger charge is 2.46. The number of fused-ring (bicyclic) bond motifs is 1. The van der Waals surface area contributed by atoms with Crippen molar-refractivity contribution in [1.29, 1.82) is 0 Å². The van der Waals surface area contributed by atoms with Gasteiger partial charge in [0, 0.05) is 11.3 Å². The fraction of sp³-hybridized carbons (Fsp3) is 0.200. The van der Waals surface area contributed by atoms with Gasteiger partial charge in [0.25, 0.3) is 0 Å². The molecule has 1 amide bonds. The number of benzene rings is 1. The van der Waals surface area contributed by atoms with Gasteiger partial charge in [-0.3, -0.25) is 9.59 Å². The average Bonchev–Trinajstić information content (AvgIpc) is 2.39. The van der Waals surface area contributed by atoms with E-state index in [9.17, 15) is 9.59 Å². The molecule has 0 aromatic heterocycles. The van der Waals surface area contributed by atoms with Gasteiger partial charge in [-0.25, -0.2) is 0 Å². The number of amides is 1.